The van der Waals surface area contributed by atoms with E-state index in [2.05, 4.69) is 5.48 Å². The first-order valence-corrected chi connectivity index (χ1v) is 24.5. The highest BCUT2D eigenvalue weighted by atomic mass is 32.2. The molecular formula is C37H52N3O13S4+. The lowest BCUT2D eigenvalue weighted by Crippen LogP contribution is -2.30. The highest BCUT2D eigenvalue weighted by molar-refractivity contribution is 7.86. The molecule has 0 bridgehead atoms. The molecule has 0 amide bonds. The van der Waals surface area contributed by atoms with Crippen LogP contribution in [-0.4, -0.2) is 98.6 Å². The topological polar surface area (TPSA) is 245 Å². The summed E-state index contributed by atoms with van der Waals surface area (Å²) in [5.74, 6) is -1.48. The van der Waals surface area contributed by atoms with Crippen molar-refractivity contribution >= 4 is 57.6 Å². The molecule has 2 heterocycles. The maximum absolute atomic E-state index is 12.4. The summed E-state index contributed by atoms with van der Waals surface area (Å²) in [4.78, 5) is 7.21. The number of hydroxylamine groups is 1. The third-order valence-electron chi connectivity index (χ3n) is 9.89. The number of hydrogen-bond acceptors (Lipinski definition) is 11. The van der Waals surface area contributed by atoms with Crippen LogP contribution in [0.1, 0.15) is 77.0 Å². The van der Waals surface area contributed by atoms with Crippen LogP contribution >= 0.6 is 0 Å². The van der Waals surface area contributed by atoms with Gasteiger partial charge >= 0.3 is 0 Å². The molecule has 1 atom stereocenters. The molecule has 316 valence electrons. The molecule has 0 aromatic heterocycles. The minimum absolute atomic E-state index is 0.0192. The zero-order valence-corrected chi connectivity index (χ0v) is 35.8. The molecule has 1 unspecified atom stereocenters. The van der Waals surface area contributed by atoms with Crippen molar-refractivity contribution in [3.63, 3.8) is 0 Å². The average molecular weight is 875 g/mol. The maximum Gasteiger partial charge on any atom is 0.294 e. The van der Waals surface area contributed by atoms with E-state index in [1.807, 2.05) is 69.9 Å². The SMILES string of the molecule is CC(C)NOCc1cc(S(=O)(=O)O)cc2c1C(C)(C)C(C=CC=CC=C1N(CCCS(=O)(=O)O)c3ccccc3C1(C)CCCS(=O)(=O)O)=[N+]2CCCS(=O)(=O)O. The molecule has 0 fully saturated rings. The van der Waals surface area contributed by atoms with Crippen molar-refractivity contribution < 1.29 is 61.3 Å². The van der Waals surface area contributed by atoms with Crippen molar-refractivity contribution in [3.05, 3.63) is 89.2 Å². The molecular weight excluding hydrogens is 823 g/mol. The number of allylic oxidation sites excluding steroid dienone is 6. The highest BCUT2D eigenvalue weighted by Crippen LogP contribution is 2.50. The van der Waals surface area contributed by atoms with Gasteiger partial charge < -0.3 is 4.90 Å². The number of anilines is 1. The number of nitrogens with zero attached hydrogens (tertiary/aromatic N) is 2. The van der Waals surface area contributed by atoms with Gasteiger partial charge in [0.1, 0.15) is 11.4 Å². The van der Waals surface area contributed by atoms with Crippen LogP contribution in [-0.2, 0) is 62.7 Å². The monoisotopic (exact) mass is 874 g/mol. The molecule has 2 aromatic carbocycles. The maximum atomic E-state index is 12.4. The number of benzene rings is 2. The molecule has 0 spiro atoms. The molecule has 0 radical (unpaired) electrons. The van der Waals surface area contributed by atoms with Crippen LogP contribution in [0.25, 0.3) is 0 Å². The summed E-state index contributed by atoms with van der Waals surface area (Å²) >= 11 is 0. The van der Waals surface area contributed by atoms with Crippen LogP contribution < -0.4 is 10.4 Å². The van der Waals surface area contributed by atoms with E-state index in [-0.39, 0.29) is 49.9 Å². The van der Waals surface area contributed by atoms with E-state index in [1.165, 1.54) is 12.1 Å². The Labute approximate surface area is 336 Å². The third-order valence-corrected chi connectivity index (χ3v) is 13.1. The van der Waals surface area contributed by atoms with Gasteiger partial charge in [-0.2, -0.15) is 43.7 Å². The molecule has 16 nitrogen and oxygen atoms in total. The van der Waals surface area contributed by atoms with Gasteiger partial charge in [0.15, 0.2) is 5.71 Å². The van der Waals surface area contributed by atoms with E-state index in [9.17, 15) is 51.9 Å². The number of nitrogens with one attached hydrogen (secondary N) is 1. The van der Waals surface area contributed by atoms with Crippen molar-refractivity contribution in [2.45, 2.75) is 88.7 Å². The van der Waals surface area contributed by atoms with E-state index in [0.29, 0.717) is 28.9 Å². The number of hydrogen-bond donors (Lipinski definition) is 5. The quantitative estimate of drug-likeness (QED) is 0.0522. The molecule has 2 aliphatic heterocycles. The van der Waals surface area contributed by atoms with Gasteiger partial charge in [-0.3, -0.25) is 23.0 Å². The second-order valence-electron chi connectivity index (χ2n) is 15.1. The fourth-order valence-electron chi connectivity index (χ4n) is 7.57. The van der Waals surface area contributed by atoms with Crippen molar-refractivity contribution in [2.75, 3.05) is 35.2 Å². The Morgan fingerprint density at radius 2 is 1.44 bits per heavy atom. The Bertz CT molecular complexity index is 2400. The summed E-state index contributed by atoms with van der Waals surface area (Å²) in [5.41, 5.74) is 5.84. The summed E-state index contributed by atoms with van der Waals surface area (Å²) < 4.78 is 135. The third kappa shape index (κ3) is 12.1. The predicted molar refractivity (Wildman–Crippen MR) is 217 cm³/mol. The van der Waals surface area contributed by atoms with Crippen LogP contribution in [0.2, 0.25) is 0 Å². The predicted octanol–water partition coefficient (Wildman–Crippen LogP) is 4.74. The summed E-state index contributed by atoms with van der Waals surface area (Å²) in [5, 5.41) is 0. The largest absolute Gasteiger partial charge is 0.344 e. The molecule has 0 saturated heterocycles. The number of para-hydroxylation sites is 1. The van der Waals surface area contributed by atoms with Gasteiger partial charge in [-0.05, 0) is 83.2 Å². The normalized spacial score (nSPS) is 19.5. The zero-order chi connectivity index (χ0) is 42.6. The van der Waals surface area contributed by atoms with Crippen LogP contribution in [0.5, 0.6) is 0 Å². The van der Waals surface area contributed by atoms with E-state index in [0.717, 1.165) is 16.9 Å². The van der Waals surface area contributed by atoms with Crippen LogP contribution in [0.4, 0.5) is 11.4 Å². The van der Waals surface area contributed by atoms with E-state index in [1.54, 1.807) is 28.9 Å². The van der Waals surface area contributed by atoms with Crippen molar-refractivity contribution in [1.82, 2.24) is 5.48 Å². The fraction of sp³-hybridized carbons (Fsp3) is 0.486. The first-order valence-electron chi connectivity index (χ1n) is 18.2. The Morgan fingerprint density at radius 3 is 2.05 bits per heavy atom. The first-order chi connectivity index (χ1) is 26.2. The van der Waals surface area contributed by atoms with E-state index in [4.69, 9.17) is 4.84 Å². The Balaban J connectivity index is 1.80. The standard InChI is InChI=1S/C37H51N3O13S4/c1-27(2)38-53-26-28-24-29(57(50,51)52)25-32-35(28)36(3,4)33(40(32)20-13-23-56(47,48)49)16-7-6-8-17-34-37(5,18-11-21-54(41,42)43)30-14-9-10-15-31(30)39(34)19-12-22-55(44,45)46/h6-10,14-17,24-25,27,38H,11-13,18-23,26H2,1-5H3,(H3-,41,42,43,44,45,46,47,48,49,50,51,52)/p+1. The summed E-state index contributed by atoms with van der Waals surface area (Å²) in [6.45, 7) is 9.67. The van der Waals surface area contributed by atoms with Crippen LogP contribution in [0, 0.1) is 0 Å². The summed E-state index contributed by atoms with van der Waals surface area (Å²) in [7, 11) is -17.5. The van der Waals surface area contributed by atoms with Gasteiger partial charge in [-0.25, -0.2) is 0 Å². The van der Waals surface area contributed by atoms with Gasteiger partial charge in [-0.1, -0.05) is 36.4 Å². The lowest BCUT2D eigenvalue weighted by Gasteiger charge is -2.30. The van der Waals surface area contributed by atoms with Crippen LogP contribution in [0.3, 0.4) is 0 Å². The summed E-state index contributed by atoms with van der Waals surface area (Å²) in [6.07, 6.45) is 9.34. The molecule has 57 heavy (non-hydrogen) atoms. The van der Waals surface area contributed by atoms with Gasteiger partial charge in [-0.15, -0.1) is 0 Å². The smallest absolute Gasteiger partial charge is 0.294 e. The molecule has 4 rings (SSSR count). The number of rotatable bonds is 20. The van der Waals surface area contributed by atoms with Gasteiger partial charge in [0, 0.05) is 53.5 Å². The lowest BCUT2D eigenvalue weighted by molar-refractivity contribution is -0.437. The molecule has 0 saturated carbocycles. The average Bonchev–Trinajstić information content (AvgIpc) is 3.42. The van der Waals surface area contributed by atoms with Gasteiger partial charge in [0.2, 0.25) is 5.69 Å². The molecule has 0 aliphatic carbocycles. The van der Waals surface area contributed by atoms with Crippen molar-refractivity contribution in [2.24, 2.45) is 0 Å². The van der Waals surface area contributed by atoms with Gasteiger partial charge in [0.05, 0.1) is 29.3 Å². The van der Waals surface area contributed by atoms with Crippen molar-refractivity contribution in [1.29, 1.82) is 0 Å². The van der Waals surface area contributed by atoms with E-state index >= 15 is 0 Å². The molecule has 2 aliphatic rings. The lowest BCUT2D eigenvalue weighted by atomic mass is 9.77. The molecule has 20 heteroatoms. The van der Waals surface area contributed by atoms with Gasteiger partial charge in [0.25, 0.3) is 40.5 Å². The fourth-order valence-corrected chi connectivity index (χ4v) is 9.62. The molecule has 2 aromatic rings. The van der Waals surface area contributed by atoms with E-state index < -0.39 is 68.6 Å². The molecule has 5 N–H and O–H groups in total. The first kappa shape index (κ1) is 46.4. The minimum atomic E-state index is -4.68. The van der Waals surface area contributed by atoms with Crippen molar-refractivity contribution in [3.8, 4) is 0 Å². The zero-order valence-electron chi connectivity index (χ0n) is 32.5. The van der Waals surface area contributed by atoms with Crippen LogP contribution in [0.15, 0.2) is 77.4 Å². The Hall–Kier alpha value is -3.31. The Kier molecular flexibility index (Phi) is 14.6. The highest BCUT2D eigenvalue weighted by Gasteiger charge is 2.47. The summed E-state index contributed by atoms with van der Waals surface area (Å²) in [6, 6.07) is 10.0. The second-order valence-corrected chi connectivity index (χ2v) is 21.3. The Morgan fingerprint density at radius 1 is 0.825 bits per heavy atom. The number of fused-ring (bicyclic) bond motifs is 2. The minimum Gasteiger partial charge on any atom is -0.344 e. The second kappa shape index (κ2) is 17.9.